The fourth-order valence-corrected chi connectivity index (χ4v) is 0.693. The van der Waals surface area contributed by atoms with Crippen LogP contribution in [-0.2, 0) is 10.1 Å². The molecule has 0 aromatic carbocycles. The van der Waals surface area contributed by atoms with Crippen LogP contribution in [-0.4, -0.2) is 55.4 Å². The Bertz CT molecular complexity index is 143. The SMILES string of the molecule is CNCCS(=O)(=O)O.[MgH2]. The van der Waals surface area contributed by atoms with Gasteiger partial charge in [-0.1, -0.05) is 0 Å². The second-order valence-corrected chi connectivity index (χ2v) is 2.96. The summed E-state index contributed by atoms with van der Waals surface area (Å²) in [5.41, 5.74) is 0. The van der Waals surface area contributed by atoms with Crippen LogP contribution in [0.2, 0.25) is 0 Å². The summed E-state index contributed by atoms with van der Waals surface area (Å²) in [6, 6.07) is 0. The van der Waals surface area contributed by atoms with Gasteiger partial charge in [-0.3, -0.25) is 4.55 Å². The summed E-state index contributed by atoms with van der Waals surface area (Å²) in [5, 5.41) is 2.59. The quantitative estimate of drug-likeness (QED) is 0.382. The monoisotopic (exact) mass is 165 g/mol. The lowest BCUT2D eigenvalue weighted by Gasteiger charge is -1.92. The van der Waals surface area contributed by atoms with E-state index < -0.39 is 10.1 Å². The Morgan fingerprint density at radius 1 is 1.56 bits per heavy atom. The minimum atomic E-state index is -3.75. The summed E-state index contributed by atoms with van der Waals surface area (Å²) in [6.45, 7) is 0.291. The summed E-state index contributed by atoms with van der Waals surface area (Å²) in [4.78, 5) is 0. The average Bonchev–Trinajstić information content (AvgIpc) is 1.59. The van der Waals surface area contributed by atoms with Crippen LogP contribution < -0.4 is 5.32 Å². The summed E-state index contributed by atoms with van der Waals surface area (Å²) in [7, 11) is -2.13. The molecule has 0 aromatic heterocycles. The van der Waals surface area contributed by atoms with Crippen LogP contribution in [0.25, 0.3) is 0 Å². The van der Waals surface area contributed by atoms with E-state index in [0.29, 0.717) is 6.54 Å². The van der Waals surface area contributed by atoms with E-state index in [0.717, 1.165) is 0 Å². The lowest BCUT2D eigenvalue weighted by Crippen LogP contribution is -2.18. The minimum absolute atomic E-state index is 0. The standard InChI is InChI=1S/C3H9NO3S.Mg.2H/c1-4-2-3-8(5,6)7;;;/h4H,2-3H2,1H3,(H,5,6,7);;;. The molecule has 0 atom stereocenters. The first-order chi connectivity index (χ1) is 3.56. The molecule has 0 heterocycles. The maximum absolute atomic E-state index is 9.91. The Labute approximate surface area is 70.9 Å². The van der Waals surface area contributed by atoms with Crippen LogP contribution in [0.5, 0.6) is 0 Å². The maximum atomic E-state index is 9.91. The molecule has 2 N–H and O–H groups in total. The molecule has 0 saturated carbocycles. The van der Waals surface area contributed by atoms with Gasteiger partial charge in [-0.05, 0) is 7.05 Å². The number of hydrogen-bond donors (Lipinski definition) is 2. The smallest absolute Gasteiger partial charge is 0.316 e. The molecule has 0 fully saturated rings. The molecule has 0 aliphatic rings. The van der Waals surface area contributed by atoms with E-state index in [1.165, 1.54) is 0 Å². The van der Waals surface area contributed by atoms with E-state index in [1.54, 1.807) is 7.05 Å². The molecular weight excluding hydrogens is 154 g/mol. The van der Waals surface area contributed by atoms with E-state index in [-0.39, 0.29) is 28.8 Å². The van der Waals surface area contributed by atoms with Crippen molar-refractivity contribution in [3.8, 4) is 0 Å². The van der Waals surface area contributed by atoms with Crippen molar-refractivity contribution in [1.29, 1.82) is 0 Å². The van der Waals surface area contributed by atoms with Gasteiger partial charge in [0, 0.05) is 6.54 Å². The van der Waals surface area contributed by atoms with Crippen LogP contribution in [0.15, 0.2) is 0 Å². The highest BCUT2D eigenvalue weighted by Gasteiger charge is 1.99. The summed E-state index contributed by atoms with van der Waals surface area (Å²) < 4.78 is 27.9. The van der Waals surface area contributed by atoms with Crippen LogP contribution in [0, 0.1) is 0 Å². The van der Waals surface area contributed by atoms with Crippen molar-refractivity contribution in [3.05, 3.63) is 0 Å². The first kappa shape index (κ1) is 12.3. The third-order valence-electron chi connectivity index (χ3n) is 0.610. The van der Waals surface area contributed by atoms with Gasteiger partial charge >= 0.3 is 23.1 Å². The van der Waals surface area contributed by atoms with Crippen molar-refractivity contribution in [3.63, 3.8) is 0 Å². The predicted octanol–water partition coefficient (Wildman–Crippen LogP) is -1.82. The molecule has 0 aliphatic heterocycles. The highest BCUT2D eigenvalue weighted by Crippen LogP contribution is 1.76. The van der Waals surface area contributed by atoms with Gasteiger partial charge in [0.15, 0.2) is 0 Å². The zero-order valence-corrected chi connectivity index (χ0v) is 5.40. The van der Waals surface area contributed by atoms with E-state index in [2.05, 4.69) is 5.32 Å². The number of hydrogen-bond acceptors (Lipinski definition) is 3. The number of rotatable bonds is 3. The third-order valence-corrected chi connectivity index (χ3v) is 1.33. The third kappa shape index (κ3) is 12.0. The molecule has 0 aliphatic carbocycles. The largest absolute Gasteiger partial charge is 0.319 e. The Morgan fingerprint density at radius 3 is 2.11 bits per heavy atom. The Hall–Kier alpha value is 0.636. The normalized spacial score (nSPS) is 10.4. The van der Waals surface area contributed by atoms with Gasteiger partial charge in [-0.15, -0.1) is 0 Å². The van der Waals surface area contributed by atoms with E-state index in [9.17, 15) is 8.42 Å². The molecule has 6 heteroatoms. The molecule has 0 unspecified atom stereocenters. The molecule has 0 rings (SSSR count). The zero-order valence-electron chi connectivity index (χ0n) is 4.59. The van der Waals surface area contributed by atoms with Crippen molar-refractivity contribution in [2.24, 2.45) is 0 Å². The lowest BCUT2D eigenvalue weighted by molar-refractivity contribution is 0.482. The second-order valence-electron chi connectivity index (χ2n) is 1.39. The first-order valence-corrected chi connectivity index (χ1v) is 3.77. The van der Waals surface area contributed by atoms with Crippen LogP contribution in [0.4, 0.5) is 0 Å². The Balaban J connectivity index is 0. The molecular formula is C3H11MgNO3S. The van der Waals surface area contributed by atoms with Crippen molar-refractivity contribution in [2.45, 2.75) is 0 Å². The Morgan fingerprint density at radius 2 is 2.00 bits per heavy atom. The Kier molecular flexibility index (Phi) is 7.43. The van der Waals surface area contributed by atoms with Crippen molar-refractivity contribution < 1.29 is 13.0 Å². The average molecular weight is 165 g/mol. The lowest BCUT2D eigenvalue weighted by atomic mass is 10.8. The van der Waals surface area contributed by atoms with Crippen LogP contribution in [0.1, 0.15) is 0 Å². The molecule has 0 amide bonds. The van der Waals surface area contributed by atoms with E-state index in [1.807, 2.05) is 0 Å². The maximum Gasteiger partial charge on any atom is 0.316 e. The fraction of sp³-hybridized carbons (Fsp3) is 1.00. The van der Waals surface area contributed by atoms with Crippen LogP contribution in [0.3, 0.4) is 0 Å². The van der Waals surface area contributed by atoms with Gasteiger partial charge < -0.3 is 5.32 Å². The molecule has 0 radical (unpaired) electrons. The van der Waals surface area contributed by atoms with Crippen molar-refractivity contribution in [1.82, 2.24) is 5.32 Å². The molecule has 54 valence electrons. The molecule has 4 nitrogen and oxygen atoms in total. The molecule has 0 aromatic rings. The fourth-order valence-electron chi connectivity index (χ4n) is 0.231. The van der Waals surface area contributed by atoms with Gasteiger partial charge in [0.1, 0.15) is 0 Å². The highest BCUT2D eigenvalue weighted by atomic mass is 32.2. The van der Waals surface area contributed by atoms with Crippen LogP contribution >= 0.6 is 0 Å². The molecule has 0 spiro atoms. The summed E-state index contributed by atoms with van der Waals surface area (Å²) in [6.07, 6.45) is 0. The van der Waals surface area contributed by atoms with Crippen molar-refractivity contribution in [2.75, 3.05) is 19.3 Å². The molecule has 0 bridgehead atoms. The predicted molar refractivity (Wildman–Crippen MR) is 38.9 cm³/mol. The summed E-state index contributed by atoms with van der Waals surface area (Å²) in [5.74, 6) is -0.219. The van der Waals surface area contributed by atoms with E-state index >= 15 is 0 Å². The van der Waals surface area contributed by atoms with Gasteiger partial charge in [0.2, 0.25) is 0 Å². The van der Waals surface area contributed by atoms with Gasteiger partial charge in [0.25, 0.3) is 10.1 Å². The minimum Gasteiger partial charge on any atom is -0.319 e. The highest BCUT2D eigenvalue weighted by molar-refractivity contribution is 7.85. The van der Waals surface area contributed by atoms with Gasteiger partial charge in [-0.25, -0.2) is 0 Å². The summed E-state index contributed by atoms with van der Waals surface area (Å²) >= 11 is 0. The molecule has 0 saturated heterocycles. The topological polar surface area (TPSA) is 66.4 Å². The molecule has 9 heavy (non-hydrogen) atoms. The zero-order chi connectivity index (χ0) is 6.62. The van der Waals surface area contributed by atoms with Gasteiger partial charge in [-0.2, -0.15) is 8.42 Å². The second kappa shape index (κ2) is 5.42. The van der Waals surface area contributed by atoms with Crippen molar-refractivity contribution >= 4 is 33.2 Å². The van der Waals surface area contributed by atoms with Gasteiger partial charge in [0.05, 0.1) is 5.75 Å². The first-order valence-electron chi connectivity index (χ1n) is 2.16. The van der Waals surface area contributed by atoms with E-state index in [4.69, 9.17) is 4.55 Å². The number of nitrogens with one attached hydrogen (secondary N) is 1.